The molecule has 5 heteroatoms. The van der Waals surface area contributed by atoms with Crippen LogP contribution in [0.4, 0.5) is 0 Å². The number of rotatable bonds is 5. The zero-order valence-electron chi connectivity index (χ0n) is 10.7. The van der Waals surface area contributed by atoms with Crippen molar-refractivity contribution >= 4 is 5.97 Å². The highest BCUT2D eigenvalue weighted by atomic mass is 16.4. The quantitative estimate of drug-likeness (QED) is 0.889. The lowest BCUT2D eigenvalue weighted by Crippen LogP contribution is -2.04. The SMILES string of the molecule is Cc1nc(CCCC(=O)O)nc(-c2ccccc2)n1. The average Bonchev–Trinajstić information content (AvgIpc) is 2.39. The summed E-state index contributed by atoms with van der Waals surface area (Å²) in [4.78, 5) is 23.4. The van der Waals surface area contributed by atoms with Crippen LogP contribution < -0.4 is 0 Å². The number of carboxylic acid groups (broad SMARTS) is 1. The molecule has 1 aromatic heterocycles. The highest BCUT2D eigenvalue weighted by Crippen LogP contribution is 2.14. The monoisotopic (exact) mass is 257 g/mol. The smallest absolute Gasteiger partial charge is 0.303 e. The molecule has 0 atom stereocenters. The van der Waals surface area contributed by atoms with Gasteiger partial charge in [-0.3, -0.25) is 4.79 Å². The van der Waals surface area contributed by atoms with Crippen LogP contribution in [0.2, 0.25) is 0 Å². The van der Waals surface area contributed by atoms with Crippen molar-refractivity contribution in [2.75, 3.05) is 0 Å². The predicted molar refractivity (Wildman–Crippen MR) is 70.6 cm³/mol. The molecule has 0 aliphatic rings. The van der Waals surface area contributed by atoms with Gasteiger partial charge in [-0.05, 0) is 13.3 Å². The van der Waals surface area contributed by atoms with Gasteiger partial charge in [-0.25, -0.2) is 15.0 Å². The van der Waals surface area contributed by atoms with Gasteiger partial charge >= 0.3 is 5.97 Å². The molecule has 0 aliphatic carbocycles. The van der Waals surface area contributed by atoms with Gasteiger partial charge in [0.05, 0.1) is 0 Å². The fraction of sp³-hybridized carbons (Fsp3) is 0.286. The molecule has 0 saturated heterocycles. The molecule has 1 heterocycles. The minimum atomic E-state index is -0.797. The molecule has 1 N–H and O–H groups in total. The summed E-state index contributed by atoms with van der Waals surface area (Å²) in [6.07, 6.45) is 1.22. The fourth-order valence-corrected chi connectivity index (χ4v) is 1.76. The highest BCUT2D eigenvalue weighted by Gasteiger charge is 2.06. The van der Waals surface area contributed by atoms with Crippen LogP contribution in [0.25, 0.3) is 11.4 Å². The maximum atomic E-state index is 10.5. The van der Waals surface area contributed by atoms with Gasteiger partial charge < -0.3 is 5.11 Å². The molecular weight excluding hydrogens is 242 g/mol. The molecule has 0 bridgehead atoms. The standard InChI is InChI=1S/C14H15N3O2/c1-10-15-12(8-5-9-13(18)19)17-14(16-10)11-6-3-2-4-7-11/h2-4,6-7H,5,8-9H2,1H3,(H,18,19). The van der Waals surface area contributed by atoms with Crippen LogP contribution in [0.5, 0.6) is 0 Å². The van der Waals surface area contributed by atoms with Gasteiger partial charge in [-0.15, -0.1) is 0 Å². The van der Waals surface area contributed by atoms with Crippen LogP contribution in [0, 0.1) is 6.92 Å². The predicted octanol–water partition coefficient (Wildman–Crippen LogP) is 2.25. The topological polar surface area (TPSA) is 76.0 Å². The Morgan fingerprint density at radius 1 is 1.16 bits per heavy atom. The lowest BCUT2D eigenvalue weighted by atomic mass is 10.2. The number of aromatic nitrogens is 3. The van der Waals surface area contributed by atoms with Gasteiger partial charge in [0.25, 0.3) is 0 Å². The largest absolute Gasteiger partial charge is 0.481 e. The average molecular weight is 257 g/mol. The molecule has 0 aliphatic heterocycles. The van der Waals surface area contributed by atoms with E-state index >= 15 is 0 Å². The number of benzene rings is 1. The zero-order chi connectivity index (χ0) is 13.7. The van der Waals surface area contributed by atoms with Gasteiger partial charge in [0, 0.05) is 18.4 Å². The molecule has 0 fully saturated rings. The second kappa shape index (κ2) is 6.04. The molecule has 2 aromatic rings. The first kappa shape index (κ1) is 13.1. The fourth-order valence-electron chi connectivity index (χ4n) is 1.76. The van der Waals surface area contributed by atoms with Gasteiger partial charge in [-0.1, -0.05) is 30.3 Å². The van der Waals surface area contributed by atoms with Crippen molar-refractivity contribution in [1.82, 2.24) is 15.0 Å². The second-order valence-corrected chi connectivity index (χ2v) is 4.24. The van der Waals surface area contributed by atoms with E-state index in [0.29, 0.717) is 30.3 Å². The lowest BCUT2D eigenvalue weighted by molar-refractivity contribution is -0.137. The van der Waals surface area contributed by atoms with Crippen LogP contribution in [-0.4, -0.2) is 26.0 Å². The van der Waals surface area contributed by atoms with Crippen molar-refractivity contribution in [2.45, 2.75) is 26.2 Å². The number of carbonyl (C=O) groups is 1. The number of nitrogens with zero attached hydrogens (tertiary/aromatic N) is 3. The summed E-state index contributed by atoms with van der Waals surface area (Å²) in [6, 6.07) is 9.67. The summed E-state index contributed by atoms with van der Waals surface area (Å²) >= 11 is 0. The molecule has 19 heavy (non-hydrogen) atoms. The molecule has 0 spiro atoms. The molecule has 5 nitrogen and oxygen atoms in total. The van der Waals surface area contributed by atoms with Crippen molar-refractivity contribution in [3.05, 3.63) is 42.0 Å². The van der Waals surface area contributed by atoms with E-state index in [0.717, 1.165) is 5.56 Å². The number of hydrogen-bond acceptors (Lipinski definition) is 4. The number of aryl methyl sites for hydroxylation is 2. The first-order valence-electron chi connectivity index (χ1n) is 6.14. The Labute approximate surface area is 111 Å². The van der Waals surface area contributed by atoms with E-state index < -0.39 is 5.97 Å². The van der Waals surface area contributed by atoms with E-state index in [9.17, 15) is 4.79 Å². The van der Waals surface area contributed by atoms with Crippen molar-refractivity contribution in [1.29, 1.82) is 0 Å². The van der Waals surface area contributed by atoms with Crippen LogP contribution in [0.3, 0.4) is 0 Å². The number of carboxylic acids is 1. The van der Waals surface area contributed by atoms with Gasteiger partial charge in [0.1, 0.15) is 11.6 Å². The Morgan fingerprint density at radius 2 is 1.89 bits per heavy atom. The van der Waals surface area contributed by atoms with Crippen molar-refractivity contribution in [2.24, 2.45) is 0 Å². The summed E-state index contributed by atoms with van der Waals surface area (Å²) in [5, 5.41) is 8.63. The molecule has 0 amide bonds. The van der Waals surface area contributed by atoms with Gasteiger partial charge in [-0.2, -0.15) is 0 Å². The maximum absolute atomic E-state index is 10.5. The number of aliphatic carboxylic acids is 1. The van der Waals surface area contributed by atoms with Crippen LogP contribution >= 0.6 is 0 Å². The molecule has 0 unspecified atom stereocenters. The first-order chi connectivity index (χ1) is 9.15. The van der Waals surface area contributed by atoms with E-state index in [1.165, 1.54) is 0 Å². The summed E-state index contributed by atoms with van der Waals surface area (Å²) in [5.74, 6) is 1.14. The van der Waals surface area contributed by atoms with Gasteiger partial charge in [0.15, 0.2) is 5.82 Å². The van der Waals surface area contributed by atoms with Gasteiger partial charge in [0.2, 0.25) is 0 Å². The number of hydrogen-bond donors (Lipinski definition) is 1. The molecule has 1 aromatic carbocycles. The zero-order valence-corrected chi connectivity index (χ0v) is 10.7. The van der Waals surface area contributed by atoms with Crippen LogP contribution in [0.1, 0.15) is 24.5 Å². The molecule has 98 valence electrons. The Morgan fingerprint density at radius 3 is 2.58 bits per heavy atom. The van der Waals surface area contributed by atoms with E-state index in [-0.39, 0.29) is 6.42 Å². The van der Waals surface area contributed by atoms with E-state index in [1.54, 1.807) is 0 Å². The summed E-state index contributed by atoms with van der Waals surface area (Å²) in [6.45, 7) is 1.81. The summed E-state index contributed by atoms with van der Waals surface area (Å²) in [7, 11) is 0. The van der Waals surface area contributed by atoms with Crippen molar-refractivity contribution in [3.8, 4) is 11.4 Å². The first-order valence-corrected chi connectivity index (χ1v) is 6.14. The van der Waals surface area contributed by atoms with Crippen molar-refractivity contribution < 1.29 is 9.90 Å². The minimum Gasteiger partial charge on any atom is -0.481 e. The van der Waals surface area contributed by atoms with Crippen LogP contribution in [-0.2, 0) is 11.2 Å². The second-order valence-electron chi connectivity index (χ2n) is 4.24. The third-order valence-corrected chi connectivity index (χ3v) is 2.62. The lowest BCUT2D eigenvalue weighted by Gasteiger charge is -2.04. The Balaban J connectivity index is 2.18. The van der Waals surface area contributed by atoms with E-state index in [4.69, 9.17) is 5.11 Å². The maximum Gasteiger partial charge on any atom is 0.303 e. The van der Waals surface area contributed by atoms with Crippen molar-refractivity contribution in [3.63, 3.8) is 0 Å². The third kappa shape index (κ3) is 3.84. The Kier molecular flexibility index (Phi) is 4.18. The Bertz CT molecular complexity index is 570. The normalized spacial score (nSPS) is 10.4. The molecule has 0 radical (unpaired) electrons. The molecular formula is C14H15N3O2. The summed E-state index contributed by atoms with van der Waals surface area (Å²) < 4.78 is 0. The molecule has 0 saturated carbocycles. The summed E-state index contributed by atoms with van der Waals surface area (Å²) in [5.41, 5.74) is 0.937. The van der Waals surface area contributed by atoms with Crippen LogP contribution in [0.15, 0.2) is 30.3 Å². The van der Waals surface area contributed by atoms with E-state index in [1.807, 2.05) is 37.3 Å². The third-order valence-electron chi connectivity index (χ3n) is 2.62. The van der Waals surface area contributed by atoms with E-state index in [2.05, 4.69) is 15.0 Å². The molecule has 2 rings (SSSR count). The minimum absolute atomic E-state index is 0.130. The highest BCUT2D eigenvalue weighted by molar-refractivity contribution is 5.66. The Hall–Kier alpha value is -2.30.